The molecular weight excluding hydrogens is 382 g/mol. The molecule has 0 aliphatic carbocycles. The standard InChI is InChI=1S/C8H8I2O2/c1-12-8-5(4-11)6(9)2-3-7(8)10/h2-3,11H,4H2,1H3. The van der Waals surface area contributed by atoms with Crippen molar-refractivity contribution in [3.05, 3.63) is 24.8 Å². The maximum atomic E-state index is 9.07. The molecule has 0 amide bonds. The van der Waals surface area contributed by atoms with Crippen molar-refractivity contribution in [2.75, 3.05) is 7.11 Å². The first-order valence-corrected chi connectivity index (χ1v) is 5.48. The van der Waals surface area contributed by atoms with Crippen LogP contribution in [0.3, 0.4) is 0 Å². The van der Waals surface area contributed by atoms with E-state index in [1.807, 2.05) is 12.1 Å². The van der Waals surface area contributed by atoms with E-state index in [0.29, 0.717) is 0 Å². The third-order valence-corrected chi connectivity index (χ3v) is 3.38. The maximum Gasteiger partial charge on any atom is 0.138 e. The molecule has 12 heavy (non-hydrogen) atoms. The summed E-state index contributed by atoms with van der Waals surface area (Å²) < 4.78 is 7.24. The number of ether oxygens (including phenoxy) is 1. The number of methoxy groups -OCH3 is 1. The predicted octanol–water partition coefficient (Wildman–Crippen LogP) is 2.40. The summed E-state index contributed by atoms with van der Waals surface area (Å²) in [5.74, 6) is 0.782. The average Bonchev–Trinajstić information content (AvgIpc) is 2.08. The van der Waals surface area contributed by atoms with Crippen molar-refractivity contribution in [1.29, 1.82) is 0 Å². The first-order chi connectivity index (χ1) is 5.70. The van der Waals surface area contributed by atoms with Gasteiger partial charge in [-0.2, -0.15) is 0 Å². The minimum atomic E-state index is 0.0261. The van der Waals surface area contributed by atoms with E-state index in [2.05, 4.69) is 45.2 Å². The number of aliphatic hydroxyl groups is 1. The van der Waals surface area contributed by atoms with Crippen molar-refractivity contribution >= 4 is 45.2 Å². The highest BCUT2D eigenvalue weighted by atomic mass is 127. The molecule has 0 bridgehead atoms. The van der Waals surface area contributed by atoms with Crippen LogP contribution in [0.2, 0.25) is 0 Å². The molecule has 66 valence electrons. The Bertz CT molecular complexity index is 258. The molecule has 1 aromatic rings. The monoisotopic (exact) mass is 390 g/mol. The van der Waals surface area contributed by atoms with Gasteiger partial charge in [0, 0.05) is 9.13 Å². The number of rotatable bonds is 2. The third-order valence-electron chi connectivity index (χ3n) is 1.52. The Labute approximate surface area is 98.6 Å². The molecule has 2 nitrogen and oxygen atoms in total. The molecule has 0 saturated heterocycles. The zero-order chi connectivity index (χ0) is 9.14. The van der Waals surface area contributed by atoms with Gasteiger partial charge in [-0.3, -0.25) is 0 Å². The highest BCUT2D eigenvalue weighted by molar-refractivity contribution is 14.1. The maximum absolute atomic E-state index is 9.07. The summed E-state index contributed by atoms with van der Waals surface area (Å²) in [6.45, 7) is 0.0261. The normalized spacial score (nSPS) is 10.0. The highest BCUT2D eigenvalue weighted by Gasteiger charge is 2.09. The molecule has 1 N–H and O–H groups in total. The summed E-state index contributed by atoms with van der Waals surface area (Å²) in [7, 11) is 1.62. The second-order valence-corrected chi connectivity index (χ2v) is 4.52. The molecule has 4 heteroatoms. The van der Waals surface area contributed by atoms with Crippen molar-refractivity contribution in [1.82, 2.24) is 0 Å². The van der Waals surface area contributed by atoms with Crippen LogP contribution in [0.4, 0.5) is 0 Å². The van der Waals surface area contributed by atoms with E-state index in [9.17, 15) is 0 Å². The number of aliphatic hydroxyl groups excluding tert-OH is 1. The van der Waals surface area contributed by atoms with Gasteiger partial charge in [-0.25, -0.2) is 0 Å². The Kier molecular flexibility index (Phi) is 4.04. The van der Waals surface area contributed by atoms with E-state index in [0.717, 1.165) is 18.5 Å². The van der Waals surface area contributed by atoms with Gasteiger partial charge in [0.25, 0.3) is 0 Å². The molecule has 0 heterocycles. The molecule has 0 saturated carbocycles. The van der Waals surface area contributed by atoms with E-state index in [1.54, 1.807) is 7.11 Å². The Morgan fingerprint density at radius 3 is 2.33 bits per heavy atom. The summed E-state index contributed by atoms with van der Waals surface area (Å²) in [6, 6.07) is 3.94. The van der Waals surface area contributed by atoms with Crippen LogP contribution < -0.4 is 4.74 Å². The minimum Gasteiger partial charge on any atom is -0.495 e. The molecule has 1 aromatic carbocycles. The molecule has 0 aliphatic heterocycles. The number of halogens is 2. The van der Waals surface area contributed by atoms with Crippen molar-refractivity contribution in [3.8, 4) is 5.75 Å². The second-order valence-electron chi connectivity index (χ2n) is 2.20. The Morgan fingerprint density at radius 2 is 1.92 bits per heavy atom. The molecule has 0 radical (unpaired) electrons. The largest absolute Gasteiger partial charge is 0.495 e. The van der Waals surface area contributed by atoms with Crippen LogP contribution in [-0.2, 0) is 6.61 Å². The summed E-state index contributed by atoms with van der Waals surface area (Å²) in [5.41, 5.74) is 0.866. The van der Waals surface area contributed by atoms with E-state index >= 15 is 0 Å². The van der Waals surface area contributed by atoms with Crippen LogP contribution in [0.1, 0.15) is 5.56 Å². The lowest BCUT2D eigenvalue weighted by Gasteiger charge is -2.09. The van der Waals surface area contributed by atoms with Gasteiger partial charge in [0.2, 0.25) is 0 Å². The summed E-state index contributed by atoms with van der Waals surface area (Å²) in [6.07, 6.45) is 0. The first-order valence-electron chi connectivity index (χ1n) is 3.32. The summed E-state index contributed by atoms with van der Waals surface area (Å²) in [5, 5.41) is 9.07. The Balaban J connectivity index is 3.28. The molecule has 0 fully saturated rings. The van der Waals surface area contributed by atoms with Gasteiger partial charge in [-0.15, -0.1) is 0 Å². The zero-order valence-corrected chi connectivity index (χ0v) is 10.8. The van der Waals surface area contributed by atoms with Crippen LogP contribution in [0, 0.1) is 7.14 Å². The van der Waals surface area contributed by atoms with E-state index in [-0.39, 0.29) is 6.61 Å². The first kappa shape index (κ1) is 10.5. The van der Waals surface area contributed by atoms with Crippen LogP contribution >= 0.6 is 45.2 Å². The molecule has 0 aliphatic rings. The highest BCUT2D eigenvalue weighted by Crippen LogP contribution is 2.29. The third kappa shape index (κ3) is 2.02. The van der Waals surface area contributed by atoms with E-state index in [4.69, 9.17) is 9.84 Å². The van der Waals surface area contributed by atoms with Gasteiger partial charge < -0.3 is 9.84 Å². The fraction of sp³-hybridized carbons (Fsp3) is 0.250. The lowest BCUT2D eigenvalue weighted by Crippen LogP contribution is -1.97. The van der Waals surface area contributed by atoms with Crippen LogP contribution in [0.15, 0.2) is 12.1 Å². The zero-order valence-electron chi connectivity index (χ0n) is 6.47. The van der Waals surface area contributed by atoms with Gasteiger partial charge in [0.05, 0.1) is 17.3 Å². The molecular formula is C8H8I2O2. The number of hydrogen-bond acceptors (Lipinski definition) is 2. The molecule has 0 aromatic heterocycles. The SMILES string of the molecule is COc1c(I)ccc(I)c1CO. The van der Waals surface area contributed by atoms with Crippen molar-refractivity contribution in [2.45, 2.75) is 6.61 Å². The quantitative estimate of drug-likeness (QED) is 0.787. The molecule has 0 unspecified atom stereocenters. The van der Waals surface area contributed by atoms with Crippen LogP contribution in [0.25, 0.3) is 0 Å². The number of hydrogen-bond donors (Lipinski definition) is 1. The molecule has 0 atom stereocenters. The lowest BCUT2D eigenvalue weighted by molar-refractivity contribution is 0.272. The lowest BCUT2D eigenvalue weighted by atomic mass is 10.2. The van der Waals surface area contributed by atoms with Crippen LogP contribution in [0.5, 0.6) is 5.75 Å². The Morgan fingerprint density at radius 1 is 1.33 bits per heavy atom. The van der Waals surface area contributed by atoms with Crippen molar-refractivity contribution < 1.29 is 9.84 Å². The van der Waals surface area contributed by atoms with Gasteiger partial charge in [-0.05, 0) is 57.3 Å². The minimum absolute atomic E-state index is 0.0261. The number of benzene rings is 1. The average molecular weight is 390 g/mol. The van der Waals surface area contributed by atoms with Gasteiger partial charge in [0.15, 0.2) is 0 Å². The Hall–Kier alpha value is 0.440. The summed E-state index contributed by atoms with van der Waals surface area (Å²) in [4.78, 5) is 0. The van der Waals surface area contributed by atoms with Crippen LogP contribution in [-0.4, -0.2) is 12.2 Å². The van der Waals surface area contributed by atoms with Crippen molar-refractivity contribution in [3.63, 3.8) is 0 Å². The summed E-state index contributed by atoms with van der Waals surface area (Å²) >= 11 is 4.37. The fourth-order valence-electron chi connectivity index (χ4n) is 0.943. The topological polar surface area (TPSA) is 29.5 Å². The fourth-order valence-corrected chi connectivity index (χ4v) is 2.26. The second kappa shape index (κ2) is 4.61. The van der Waals surface area contributed by atoms with E-state index < -0.39 is 0 Å². The van der Waals surface area contributed by atoms with Gasteiger partial charge >= 0.3 is 0 Å². The molecule has 1 rings (SSSR count). The van der Waals surface area contributed by atoms with Gasteiger partial charge in [-0.1, -0.05) is 0 Å². The van der Waals surface area contributed by atoms with E-state index in [1.165, 1.54) is 0 Å². The predicted molar refractivity (Wildman–Crippen MR) is 64.4 cm³/mol. The van der Waals surface area contributed by atoms with Gasteiger partial charge in [0.1, 0.15) is 5.75 Å². The smallest absolute Gasteiger partial charge is 0.138 e. The molecule has 0 spiro atoms. The van der Waals surface area contributed by atoms with Crippen molar-refractivity contribution in [2.24, 2.45) is 0 Å².